The second kappa shape index (κ2) is 8.52. The van der Waals surface area contributed by atoms with Crippen molar-refractivity contribution in [2.45, 2.75) is 19.5 Å². The maximum Gasteiger partial charge on any atom is 0.416 e. The van der Waals surface area contributed by atoms with Gasteiger partial charge in [0.2, 0.25) is 5.91 Å². The highest BCUT2D eigenvalue weighted by Gasteiger charge is 2.38. The molecule has 0 bridgehead atoms. The molecule has 0 saturated carbocycles. The molecule has 0 radical (unpaired) electrons. The minimum Gasteiger partial charge on any atom is -0.324 e. The Labute approximate surface area is 178 Å². The molecule has 1 aliphatic rings. The molecule has 30 heavy (non-hydrogen) atoms. The predicted octanol–water partition coefficient (Wildman–Crippen LogP) is 5.60. The fourth-order valence-corrected chi connectivity index (χ4v) is 3.60. The molecule has 158 valence electrons. The Bertz CT molecular complexity index is 955. The summed E-state index contributed by atoms with van der Waals surface area (Å²) in [5.41, 5.74) is 0.945. The summed E-state index contributed by atoms with van der Waals surface area (Å²) in [5, 5.41) is 9.53. The van der Waals surface area contributed by atoms with Gasteiger partial charge in [-0.25, -0.2) is 0 Å². The number of nitrogens with one attached hydrogen (secondary N) is 1. The van der Waals surface area contributed by atoms with Crippen LogP contribution in [0.4, 0.5) is 18.9 Å². The summed E-state index contributed by atoms with van der Waals surface area (Å²) < 4.78 is 38.0. The van der Waals surface area contributed by atoms with Gasteiger partial charge in [0.05, 0.1) is 11.3 Å². The van der Waals surface area contributed by atoms with E-state index in [-0.39, 0.29) is 17.9 Å². The van der Waals surface area contributed by atoms with Crippen molar-refractivity contribution in [1.82, 2.24) is 5.01 Å². The predicted molar refractivity (Wildman–Crippen MR) is 113 cm³/mol. The number of rotatable bonds is 6. The van der Waals surface area contributed by atoms with Gasteiger partial charge in [-0.05, 0) is 48.4 Å². The molecule has 1 N–H and O–H groups in total. The van der Waals surface area contributed by atoms with Gasteiger partial charge in [0.15, 0.2) is 0 Å². The lowest BCUT2D eigenvalue weighted by molar-refractivity contribution is -0.137. The monoisotopic (exact) mass is 435 g/mol. The summed E-state index contributed by atoms with van der Waals surface area (Å²) in [4.78, 5) is 12.4. The van der Waals surface area contributed by atoms with Gasteiger partial charge in [-0.3, -0.25) is 9.80 Å². The van der Waals surface area contributed by atoms with Crippen molar-refractivity contribution < 1.29 is 18.0 Å². The Morgan fingerprint density at radius 3 is 2.43 bits per heavy atom. The summed E-state index contributed by atoms with van der Waals surface area (Å²) in [7, 11) is 0. The lowest BCUT2D eigenvalue weighted by Crippen LogP contribution is -2.34. The van der Waals surface area contributed by atoms with Crippen LogP contribution in [0.5, 0.6) is 0 Å². The largest absolute Gasteiger partial charge is 0.416 e. The number of allylic oxidation sites excluding steroid dienone is 1. The first-order valence-electron chi connectivity index (χ1n) is 9.29. The second-order valence-electron chi connectivity index (χ2n) is 7.45. The molecule has 0 aliphatic carbocycles. The number of hydrazone groups is 1. The van der Waals surface area contributed by atoms with E-state index in [1.54, 1.807) is 17.1 Å². The minimum absolute atomic E-state index is 0.0230. The Hall–Kier alpha value is -2.80. The minimum atomic E-state index is -4.42. The van der Waals surface area contributed by atoms with Crippen LogP contribution in [0.2, 0.25) is 5.02 Å². The van der Waals surface area contributed by atoms with Gasteiger partial charge in [-0.2, -0.15) is 18.3 Å². The van der Waals surface area contributed by atoms with Crippen LogP contribution in [0.25, 0.3) is 0 Å². The maximum atomic E-state index is 12.7. The molecule has 4 nitrogen and oxygen atoms in total. The van der Waals surface area contributed by atoms with Crippen molar-refractivity contribution in [3.05, 3.63) is 77.3 Å². The van der Waals surface area contributed by atoms with Crippen LogP contribution in [0.15, 0.2) is 66.3 Å². The van der Waals surface area contributed by atoms with Crippen molar-refractivity contribution in [3.8, 4) is 0 Å². The fraction of sp³-hybridized carbons (Fsp3) is 0.273. The van der Waals surface area contributed by atoms with Crippen molar-refractivity contribution in [2.75, 3.05) is 18.4 Å². The molecule has 2 aromatic carbocycles. The van der Waals surface area contributed by atoms with Crippen molar-refractivity contribution in [2.24, 2.45) is 10.5 Å². The van der Waals surface area contributed by atoms with E-state index in [1.807, 2.05) is 18.2 Å². The summed E-state index contributed by atoms with van der Waals surface area (Å²) in [6, 6.07) is 11.7. The Morgan fingerprint density at radius 1 is 1.23 bits per heavy atom. The number of benzene rings is 2. The maximum absolute atomic E-state index is 12.7. The van der Waals surface area contributed by atoms with Crippen LogP contribution in [0.1, 0.15) is 24.5 Å². The lowest BCUT2D eigenvalue weighted by atomic mass is 9.79. The van der Waals surface area contributed by atoms with Crippen LogP contribution < -0.4 is 5.32 Å². The molecule has 8 heteroatoms. The summed E-state index contributed by atoms with van der Waals surface area (Å²) in [5.74, 6) is -0.364. The highest BCUT2D eigenvalue weighted by atomic mass is 35.5. The molecule has 2 aromatic rings. The normalized spacial score (nSPS) is 18.8. The molecule has 0 aromatic heterocycles. The fourth-order valence-electron chi connectivity index (χ4n) is 3.47. The topological polar surface area (TPSA) is 44.7 Å². The molecule has 3 rings (SSSR count). The van der Waals surface area contributed by atoms with Crippen LogP contribution >= 0.6 is 11.6 Å². The zero-order chi connectivity index (χ0) is 21.9. The average molecular weight is 436 g/mol. The summed E-state index contributed by atoms with van der Waals surface area (Å²) in [6.45, 7) is 6.36. The molecular formula is C22H21ClF3N3O. The van der Waals surface area contributed by atoms with Gasteiger partial charge in [0.1, 0.15) is 6.54 Å². The van der Waals surface area contributed by atoms with E-state index in [1.165, 1.54) is 12.1 Å². The van der Waals surface area contributed by atoms with Crippen LogP contribution in [-0.2, 0) is 11.0 Å². The van der Waals surface area contributed by atoms with Gasteiger partial charge < -0.3 is 5.32 Å². The first kappa shape index (κ1) is 21.9. The number of halogens is 4. The van der Waals surface area contributed by atoms with Gasteiger partial charge in [0.25, 0.3) is 0 Å². The molecule has 0 fully saturated rings. The van der Waals surface area contributed by atoms with E-state index in [4.69, 9.17) is 11.6 Å². The van der Waals surface area contributed by atoms with Crippen molar-refractivity contribution in [3.63, 3.8) is 0 Å². The second-order valence-corrected chi connectivity index (χ2v) is 7.89. The van der Waals surface area contributed by atoms with E-state index in [2.05, 4.69) is 23.9 Å². The number of amides is 1. The van der Waals surface area contributed by atoms with Gasteiger partial charge >= 0.3 is 6.18 Å². The van der Waals surface area contributed by atoms with E-state index in [0.717, 1.165) is 23.4 Å². The van der Waals surface area contributed by atoms with Crippen LogP contribution in [0.3, 0.4) is 0 Å². The molecular weight excluding hydrogens is 415 g/mol. The van der Waals surface area contributed by atoms with Gasteiger partial charge in [0, 0.05) is 22.7 Å². The van der Waals surface area contributed by atoms with E-state index >= 15 is 0 Å². The molecule has 1 atom stereocenters. The Kier molecular flexibility index (Phi) is 6.22. The van der Waals surface area contributed by atoms with Gasteiger partial charge in [-0.1, -0.05) is 36.7 Å². The number of carbonyl (C=O) groups excluding carboxylic acids is 1. The third kappa shape index (κ3) is 5.02. The molecule has 1 heterocycles. The first-order valence-corrected chi connectivity index (χ1v) is 9.66. The highest BCUT2D eigenvalue weighted by Crippen LogP contribution is 2.35. The lowest BCUT2D eigenvalue weighted by Gasteiger charge is -2.25. The average Bonchev–Trinajstić information content (AvgIpc) is 2.98. The smallest absolute Gasteiger partial charge is 0.324 e. The standard InChI is InChI=1S/C22H21ClF3N3O/c1-3-12-21(2)14-29(28-20(21)15-4-8-17(23)9-5-15)13-19(30)27-18-10-6-16(7-11-18)22(24,25)26/h3-11H,1,12-14H2,2H3,(H,27,30). The van der Waals surface area contributed by atoms with Crippen LogP contribution in [-0.4, -0.2) is 29.7 Å². The quantitative estimate of drug-likeness (QED) is 0.600. The van der Waals surface area contributed by atoms with E-state index < -0.39 is 11.7 Å². The number of carbonyl (C=O) groups is 1. The molecule has 1 unspecified atom stereocenters. The first-order chi connectivity index (χ1) is 14.1. The third-order valence-corrected chi connectivity index (χ3v) is 5.13. The number of nitrogens with zero attached hydrogens (tertiary/aromatic N) is 2. The van der Waals surface area contributed by atoms with Crippen molar-refractivity contribution >= 4 is 28.9 Å². The van der Waals surface area contributed by atoms with Gasteiger partial charge in [-0.15, -0.1) is 6.58 Å². The zero-order valence-electron chi connectivity index (χ0n) is 16.3. The van der Waals surface area contributed by atoms with E-state index in [0.29, 0.717) is 23.7 Å². The summed E-state index contributed by atoms with van der Waals surface area (Å²) in [6.07, 6.45) is -1.93. The highest BCUT2D eigenvalue weighted by molar-refractivity contribution is 6.30. The number of hydrogen-bond donors (Lipinski definition) is 1. The summed E-state index contributed by atoms with van der Waals surface area (Å²) >= 11 is 5.98. The Balaban J connectivity index is 1.72. The molecule has 0 spiro atoms. The zero-order valence-corrected chi connectivity index (χ0v) is 17.1. The number of hydrogen-bond acceptors (Lipinski definition) is 3. The third-order valence-electron chi connectivity index (χ3n) is 4.88. The molecule has 0 saturated heterocycles. The molecule has 1 amide bonds. The SMILES string of the molecule is C=CCC1(C)CN(CC(=O)Nc2ccc(C(F)(F)F)cc2)N=C1c1ccc(Cl)cc1. The van der Waals surface area contributed by atoms with E-state index in [9.17, 15) is 18.0 Å². The van der Waals surface area contributed by atoms with Crippen LogP contribution in [0, 0.1) is 5.41 Å². The molecule has 1 aliphatic heterocycles. The number of alkyl halides is 3. The Morgan fingerprint density at radius 2 is 1.87 bits per heavy atom. The van der Waals surface area contributed by atoms with Crippen molar-refractivity contribution in [1.29, 1.82) is 0 Å². The number of anilines is 1.